The van der Waals surface area contributed by atoms with Crippen LogP contribution >= 0.6 is 23.5 Å². The fraction of sp³-hybridized carbons (Fsp3) is 0.0204. The Labute approximate surface area is 318 Å². The zero-order valence-corrected chi connectivity index (χ0v) is 30.7. The number of para-hydroxylation sites is 2. The van der Waals surface area contributed by atoms with Crippen LogP contribution in [0.2, 0.25) is 0 Å². The molecule has 53 heavy (non-hydrogen) atoms. The molecule has 252 valence electrons. The van der Waals surface area contributed by atoms with E-state index >= 15 is 0 Å². The van der Waals surface area contributed by atoms with Crippen LogP contribution < -0.4 is 4.90 Å². The summed E-state index contributed by atoms with van der Waals surface area (Å²) in [5, 5.41) is 2.56. The SMILES string of the molecule is CN(c1ccc(-c2ccccc2)cc1)c1ccccc1-c1ccc2c(c1)Sc1ccc3c4ccccc4n(-c4ccc(-c5ccccc5)cc4)c3c1S2. The van der Waals surface area contributed by atoms with Gasteiger partial charge in [-0.2, -0.15) is 0 Å². The van der Waals surface area contributed by atoms with Crippen molar-refractivity contribution in [2.24, 2.45) is 0 Å². The third-order valence-electron chi connectivity index (χ3n) is 10.3. The van der Waals surface area contributed by atoms with Gasteiger partial charge < -0.3 is 9.47 Å². The summed E-state index contributed by atoms with van der Waals surface area (Å²) in [5.74, 6) is 0. The first-order valence-electron chi connectivity index (χ1n) is 17.9. The summed E-state index contributed by atoms with van der Waals surface area (Å²) in [6, 6.07) is 68.2. The molecule has 0 saturated carbocycles. The van der Waals surface area contributed by atoms with Crippen LogP contribution in [0.15, 0.2) is 208 Å². The van der Waals surface area contributed by atoms with E-state index in [1.807, 2.05) is 23.5 Å². The number of anilines is 2. The second-order valence-electron chi connectivity index (χ2n) is 13.4. The molecule has 1 aromatic heterocycles. The van der Waals surface area contributed by atoms with Crippen molar-refractivity contribution in [1.82, 2.24) is 4.57 Å². The highest BCUT2D eigenvalue weighted by Gasteiger charge is 2.25. The molecule has 0 saturated heterocycles. The van der Waals surface area contributed by atoms with Crippen molar-refractivity contribution in [3.8, 4) is 39.1 Å². The maximum Gasteiger partial charge on any atom is 0.0692 e. The molecule has 0 radical (unpaired) electrons. The van der Waals surface area contributed by atoms with E-state index in [0.717, 1.165) is 5.69 Å². The summed E-state index contributed by atoms with van der Waals surface area (Å²) in [4.78, 5) is 7.48. The second-order valence-corrected chi connectivity index (χ2v) is 15.5. The fourth-order valence-electron chi connectivity index (χ4n) is 7.62. The highest BCUT2D eigenvalue weighted by atomic mass is 32.2. The molecule has 0 unspecified atom stereocenters. The molecule has 0 fully saturated rings. The molecule has 1 aliphatic heterocycles. The summed E-state index contributed by atoms with van der Waals surface area (Å²) in [6.07, 6.45) is 0. The van der Waals surface area contributed by atoms with Crippen LogP contribution in [-0.2, 0) is 0 Å². The van der Waals surface area contributed by atoms with Crippen molar-refractivity contribution < 1.29 is 0 Å². The van der Waals surface area contributed by atoms with Gasteiger partial charge in [-0.05, 0) is 82.4 Å². The number of benzene rings is 8. The second kappa shape index (κ2) is 13.2. The largest absolute Gasteiger partial charge is 0.344 e. The lowest BCUT2D eigenvalue weighted by Gasteiger charge is -2.24. The predicted octanol–water partition coefficient (Wildman–Crippen LogP) is 14.2. The third-order valence-corrected chi connectivity index (χ3v) is 12.9. The predicted molar refractivity (Wildman–Crippen MR) is 226 cm³/mol. The number of aromatic nitrogens is 1. The van der Waals surface area contributed by atoms with Gasteiger partial charge in [-0.25, -0.2) is 0 Å². The van der Waals surface area contributed by atoms with E-state index in [9.17, 15) is 0 Å². The molecule has 0 N–H and O–H groups in total. The van der Waals surface area contributed by atoms with Crippen molar-refractivity contribution in [2.45, 2.75) is 19.6 Å². The van der Waals surface area contributed by atoms with Gasteiger partial charge in [0.05, 0.1) is 15.9 Å². The van der Waals surface area contributed by atoms with Crippen molar-refractivity contribution >= 4 is 56.7 Å². The molecule has 0 amide bonds. The first kappa shape index (κ1) is 31.8. The molecule has 2 heterocycles. The molecule has 1 aliphatic rings. The van der Waals surface area contributed by atoms with E-state index in [1.54, 1.807) is 0 Å². The molecule has 4 heteroatoms. The van der Waals surface area contributed by atoms with Gasteiger partial charge in [-0.1, -0.05) is 157 Å². The minimum atomic E-state index is 1.16. The van der Waals surface area contributed by atoms with E-state index in [2.05, 4.69) is 205 Å². The molecular weight excluding hydrogens is 681 g/mol. The van der Waals surface area contributed by atoms with E-state index < -0.39 is 0 Å². The van der Waals surface area contributed by atoms with Gasteiger partial charge in [-0.3, -0.25) is 0 Å². The number of hydrogen-bond donors (Lipinski definition) is 0. The van der Waals surface area contributed by atoms with E-state index in [0.29, 0.717) is 0 Å². The highest BCUT2D eigenvalue weighted by Crippen LogP contribution is 2.53. The molecule has 2 nitrogen and oxygen atoms in total. The van der Waals surface area contributed by atoms with Gasteiger partial charge in [0.25, 0.3) is 0 Å². The Kier molecular flexibility index (Phi) is 7.93. The topological polar surface area (TPSA) is 8.17 Å². The van der Waals surface area contributed by atoms with Crippen molar-refractivity contribution in [1.29, 1.82) is 0 Å². The van der Waals surface area contributed by atoms with Crippen LogP contribution in [0.1, 0.15) is 0 Å². The van der Waals surface area contributed by atoms with Gasteiger partial charge in [0.1, 0.15) is 0 Å². The molecule has 0 atom stereocenters. The molecule has 0 bridgehead atoms. The number of fused-ring (bicyclic) bond motifs is 6. The van der Waals surface area contributed by atoms with Crippen LogP contribution in [0.4, 0.5) is 11.4 Å². The van der Waals surface area contributed by atoms with Crippen molar-refractivity contribution in [3.05, 3.63) is 188 Å². The van der Waals surface area contributed by atoms with E-state index in [-0.39, 0.29) is 0 Å². The Hall–Kier alpha value is -5.94. The fourth-order valence-corrected chi connectivity index (χ4v) is 10.0. The summed E-state index contributed by atoms with van der Waals surface area (Å²) in [7, 11) is 2.16. The normalized spacial score (nSPS) is 12.1. The summed E-state index contributed by atoms with van der Waals surface area (Å²) < 4.78 is 2.46. The van der Waals surface area contributed by atoms with Crippen LogP contribution in [0.5, 0.6) is 0 Å². The monoisotopic (exact) mass is 714 g/mol. The van der Waals surface area contributed by atoms with Crippen molar-refractivity contribution in [3.63, 3.8) is 0 Å². The van der Waals surface area contributed by atoms with Gasteiger partial charge in [0, 0.05) is 55.1 Å². The minimum absolute atomic E-state index is 1.16. The van der Waals surface area contributed by atoms with Crippen LogP contribution in [0.3, 0.4) is 0 Å². The first-order valence-corrected chi connectivity index (χ1v) is 19.5. The minimum Gasteiger partial charge on any atom is -0.344 e. The van der Waals surface area contributed by atoms with Crippen LogP contribution in [0.25, 0.3) is 60.9 Å². The first-order chi connectivity index (χ1) is 26.2. The zero-order valence-electron chi connectivity index (χ0n) is 29.1. The van der Waals surface area contributed by atoms with Gasteiger partial charge in [0.15, 0.2) is 0 Å². The van der Waals surface area contributed by atoms with Crippen LogP contribution in [0, 0.1) is 0 Å². The summed E-state index contributed by atoms with van der Waals surface area (Å²) in [6.45, 7) is 0. The summed E-state index contributed by atoms with van der Waals surface area (Å²) in [5.41, 5.74) is 13.3. The number of nitrogens with zero attached hydrogens (tertiary/aromatic N) is 2. The Morgan fingerprint density at radius 2 is 1.02 bits per heavy atom. The molecule has 10 rings (SSSR count). The average molecular weight is 715 g/mol. The maximum absolute atomic E-state index is 2.46. The molecule has 0 spiro atoms. The highest BCUT2D eigenvalue weighted by molar-refractivity contribution is 8.05. The Morgan fingerprint density at radius 3 is 1.75 bits per heavy atom. The molecular formula is C49H34N2S2. The molecule has 9 aromatic rings. The lowest BCUT2D eigenvalue weighted by Crippen LogP contribution is -2.10. The zero-order chi connectivity index (χ0) is 35.3. The lowest BCUT2D eigenvalue weighted by atomic mass is 10.0. The van der Waals surface area contributed by atoms with Crippen LogP contribution in [-0.4, -0.2) is 11.6 Å². The van der Waals surface area contributed by atoms with Gasteiger partial charge in [-0.15, -0.1) is 0 Å². The smallest absolute Gasteiger partial charge is 0.0692 e. The Bertz CT molecular complexity index is 2770. The number of rotatable bonds is 6. The Balaban J connectivity index is 1.01. The van der Waals surface area contributed by atoms with E-state index in [4.69, 9.17) is 0 Å². The molecule has 0 aliphatic carbocycles. The Morgan fingerprint density at radius 1 is 0.434 bits per heavy atom. The van der Waals surface area contributed by atoms with Gasteiger partial charge >= 0.3 is 0 Å². The quantitative estimate of drug-likeness (QED) is 0.170. The van der Waals surface area contributed by atoms with E-state index in [1.165, 1.54) is 86.1 Å². The maximum atomic E-state index is 2.46. The number of hydrogen-bond acceptors (Lipinski definition) is 3. The van der Waals surface area contributed by atoms with Crippen molar-refractivity contribution in [2.75, 3.05) is 11.9 Å². The average Bonchev–Trinajstić information content (AvgIpc) is 3.58. The van der Waals surface area contributed by atoms with Gasteiger partial charge in [0.2, 0.25) is 0 Å². The molecule has 8 aromatic carbocycles. The summed E-state index contributed by atoms with van der Waals surface area (Å²) >= 11 is 3.78. The standard InChI is InChI=1S/C49H34N2S2/c1-50(38-25-20-35(21-26-38)33-12-4-2-5-13-33)43-18-10-8-16-40(43)37-24-30-45-47(32-37)52-46-31-29-42-41-17-9-11-19-44(41)51(48(42)49(46)53-45)39-27-22-36(23-28-39)34-14-6-3-7-15-34/h2-32H,1H3. The third kappa shape index (κ3) is 5.63. The lowest BCUT2D eigenvalue weighted by molar-refractivity contribution is 1.11.